The molecule has 0 saturated carbocycles. The number of esters is 1. The Bertz CT molecular complexity index is 362. The highest BCUT2D eigenvalue weighted by molar-refractivity contribution is 6.05. The lowest BCUT2D eigenvalue weighted by Crippen LogP contribution is -2.46. The van der Waals surface area contributed by atoms with E-state index in [1.807, 2.05) is 0 Å². The highest BCUT2D eigenvalue weighted by Crippen LogP contribution is 2.18. The van der Waals surface area contributed by atoms with E-state index in [9.17, 15) is 19.2 Å². The minimum Gasteiger partial charge on any atom is -0.481 e. The van der Waals surface area contributed by atoms with Gasteiger partial charge in [0.05, 0.1) is 13.0 Å². The zero-order valence-corrected chi connectivity index (χ0v) is 10.0. The normalized spacial score (nSPS) is 16.8. The number of rotatable bonds is 6. The lowest BCUT2D eigenvalue weighted by molar-refractivity contribution is -0.161. The second-order valence-electron chi connectivity index (χ2n) is 3.94. The van der Waals surface area contributed by atoms with Crippen LogP contribution in [-0.2, 0) is 23.9 Å². The Morgan fingerprint density at radius 2 is 1.89 bits per heavy atom. The SMILES string of the molecule is CCCOC(=O)C(CC(=O)O)N1C(=O)CCC1=O. The molecular weight excluding hydrogens is 242 g/mol. The number of carboxylic acids is 1. The van der Waals surface area contributed by atoms with Gasteiger partial charge in [0.25, 0.3) is 0 Å². The summed E-state index contributed by atoms with van der Waals surface area (Å²) in [4.78, 5) is 46.1. The van der Waals surface area contributed by atoms with E-state index in [-0.39, 0.29) is 19.4 Å². The van der Waals surface area contributed by atoms with Crippen LogP contribution in [0.1, 0.15) is 32.6 Å². The molecule has 1 unspecified atom stereocenters. The van der Waals surface area contributed by atoms with Gasteiger partial charge in [0.2, 0.25) is 11.8 Å². The fraction of sp³-hybridized carbons (Fsp3) is 0.636. The number of hydrogen-bond donors (Lipinski definition) is 1. The molecule has 1 fully saturated rings. The molecule has 100 valence electrons. The minimum absolute atomic E-state index is 0.00993. The van der Waals surface area contributed by atoms with Crippen molar-refractivity contribution in [2.45, 2.75) is 38.6 Å². The molecule has 0 aromatic rings. The summed E-state index contributed by atoms with van der Waals surface area (Å²) < 4.78 is 4.81. The Morgan fingerprint density at radius 1 is 1.33 bits per heavy atom. The molecule has 0 aromatic heterocycles. The molecule has 1 atom stereocenters. The van der Waals surface area contributed by atoms with Gasteiger partial charge in [0.15, 0.2) is 0 Å². The fourth-order valence-electron chi connectivity index (χ4n) is 1.69. The van der Waals surface area contributed by atoms with Crippen molar-refractivity contribution in [3.05, 3.63) is 0 Å². The maximum atomic E-state index is 11.7. The number of ether oxygens (including phenoxy) is 1. The molecule has 0 aromatic carbocycles. The van der Waals surface area contributed by atoms with Gasteiger partial charge < -0.3 is 9.84 Å². The molecule has 2 amide bonds. The van der Waals surface area contributed by atoms with Crippen molar-refractivity contribution in [2.24, 2.45) is 0 Å². The summed E-state index contributed by atoms with van der Waals surface area (Å²) in [5.41, 5.74) is 0. The van der Waals surface area contributed by atoms with Crippen molar-refractivity contribution in [1.82, 2.24) is 4.90 Å². The Morgan fingerprint density at radius 3 is 2.33 bits per heavy atom. The first-order valence-corrected chi connectivity index (χ1v) is 5.70. The van der Waals surface area contributed by atoms with Crippen molar-refractivity contribution in [3.8, 4) is 0 Å². The van der Waals surface area contributed by atoms with Gasteiger partial charge >= 0.3 is 11.9 Å². The van der Waals surface area contributed by atoms with Gasteiger partial charge in [-0.3, -0.25) is 19.3 Å². The number of imide groups is 1. The maximum Gasteiger partial charge on any atom is 0.329 e. The van der Waals surface area contributed by atoms with Crippen LogP contribution in [0, 0.1) is 0 Å². The molecule has 7 nitrogen and oxygen atoms in total. The van der Waals surface area contributed by atoms with Crippen LogP contribution in [0.2, 0.25) is 0 Å². The van der Waals surface area contributed by atoms with E-state index < -0.39 is 36.2 Å². The third kappa shape index (κ3) is 3.28. The lowest BCUT2D eigenvalue weighted by atomic mass is 10.2. The maximum absolute atomic E-state index is 11.7. The number of carboxylic acid groups (broad SMARTS) is 1. The van der Waals surface area contributed by atoms with E-state index in [4.69, 9.17) is 9.84 Å². The molecule has 1 rings (SSSR count). The molecule has 0 radical (unpaired) electrons. The number of amides is 2. The predicted molar refractivity (Wildman–Crippen MR) is 58.4 cm³/mol. The van der Waals surface area contributed by atoms with E-state index in [1.54, 1.807) is 6.92 Å². The van der Waals surface area contributed by atoms with Gasteiger partial charge in [-0.1, -0.05) is 6.92 Å². The standard InChI is InChI=1S/C11H15NO6/c1-2-5-18-11(17)7(6-10(15)16)12-8(13)3-4-9(12)14/h7H,2-6H2,1H3,(H,15,16). The van der Waals surface area contributed by atoms with Crippen LogP contribution in [0.3, 0.4) is 0 Å². The zero-order chi connectivity index (χ0) is 13.7. The van der Waals surface area contributed by atoms with E-state index in [1.165, 1.54) is 0 Å². The van der Waals surface area contributed by atoms with Crippen LogP contribution in [0.5, 0.6) is 0 Å². The molecule has 1 aliphatic rings. The molecular formula is C11H15NO6. The summed E-state index contributed by atoms with van der Waals surface area (Å²) in [6.07, 6.45) is -0.0283. The van der Waals surface area contributed by atoms with Crippen LogP contribution < -0.4 is 0 Å². The van der Waals surface area contributed by atoms with E-state index in [2.05, 4.69) is 0 Å². The third-order valence-corrected chi connectivity index (χ3v) is 2.49. The summed E-state index contributed by atoms with van der Waals surface area (Å²) in [5.74, 6) is -3.16. The molecule has 1 aliphatic heterocycles. The fourth-order valence-corrected chi connectivity index (χ4v) is 1.69. The minimum atomic E-state index is -1.35. The third-order valence-electron chi connectivity index (χ3n) is 2.49. The lowest BCUT2D eigenvalue weighted by Gasteiger charge is -2.23. The van der Waals surface area contributed by atoms with Gasteiger partial charge in [0, 0.05) is 12.8 Å². The summed E-state index contributed by atoms with van der Waals surface area (Å²) in [6.45, 7) is 1.91. The molecule has 0 bridgehead atoms. The molecule has 1 saturated heterocycles. The first-order chi connectivity index (χ1) is 8.47. The topological polar surface area (TPSA) is 101 Å². The average Bonchev–Trinajstić information content (AvgIpc) is 2.63. The van der Waals surface area contributed by atoms with Gasteiger partial charge in [-0.15, -0.1) is 0 Å². The highest BCUT2D eigenvalue weighted by Gasteiger charge is 2.40. The largest absolute Gasteiger partial charge is 0.481 e. The summed E-state index contributed by atoms with van der Waals surface area (Å²) in [5, 5.41) is 8.73. The molecule has 0 aliphatic carbocycles. The first kappa shape index (κ1) is 14.1. The highest BCUT2D eigenvalue weighted by atomic mass is 16.5. The van der Waals surface area contributed by atoms with Crippen LogP contribution in [0.25, 0.3) is 0 Å². The monoisotopic (exact) mass is 257 g/mol. The number of carbonyl (C=O) groups is 4. The average molecular weight is 257 g/mol. The molecule has 1 heterocycles. The van der Waals surface area contributed by atoms with E-state index in [0.717, 1.165) is 0 Å². The van der Waals surface area contributed by atoms with Crippen LogP contribution in [0.4, 0.5) is 0 Å². The second kappa shape index (κ2) is 6.13. The summed E-state index contributed by atoms with van der Waals surface area (Å²) in [7, 11) is 0. The number of likely N-dealkylation sites (tertiary alicyclic amines) is 1. The summed E-state index contributed by atoms with van der Waals surface area (Å²) >= 11 is 0. The molecule has 7 heteroatoms. The Hall–Kier alpha value is -1.92. The van der Waals surface area contributed by atoms with Crippen LogP contribution >= 0.6 is 0 Å². The number of carbonyl (C=O) groups excluding carboxylic acids is 3. The number of aliphatic carboxylic acids is 1. The second-order valence-corrected chi connectivity index (χ2v) is 3.94. The van der Waals surface area contributed by atoms with Gasteiger partial charge in [-0.2, -0.15) is 0 Å². The quantitative estimate of drug-likeness (QED) is 0.528. The van der Waals surface area contributed by atoms with Crippen LogP contribution in [-0.4, -0.2) is 46.4 Å². The van der Waals surface area contributed by atoms with Crippen LogP contribution in [0.15, 0.2) is 0 Å². The van der Waals surface area contributed by atoms with Crippen molar-refractivity contribution >= 4 is 23.8 Å². The van der Waals surface area contributed by atoms with E-state index >= 15 is 0 Å². The number of hydrogen-bond acceptors (Lipinski definition) is 5. The predicted octanol–water partition coefficient (Wildman–Crippen LogP) is -0.0681. The zero-order valence-electron chi connectivity index (χ0n) is 10.0. The Balaban J connectivity index is 2.83. The van der Waals surface area contributed by atoms with Gasteiger partial charge in [0.1, 0.15) is 6.04 Å². The Kier molecular flexibility index (Phi) is 4.82. The smallest absolute Gasteiger partial charge is 0.329 e. The first-order valence-electron chi connectivity index (χ1n) is 5.70. The molecule has 1 N–H and O–H groups in total. The summed E-state index contributed by atoms with van der Waals surface area (Å²) in [6, 6.07) is -1.35. The molecule has 18 heavy (non-hydrogen) atoms. The number of nitrogens with zero attached hydrogens (tertiary/aromatic N) is 1. The Labute approximate surface area is 104 Å². The van der Waals surface area contributed by atoms with Crippen molar-refractivity contribution in [3.63, 3.8) is 0 Å². The van der Waals surface area contributed by atoms with E-state index in [0.29, 0.717) is 11.3 Å². The van der Waals surface area contributed by atoms with Gasteiger partial charge in [-0.05, 0) is 6.42 Å². The van der Waals surface area contributed by atoms with Crippen molar-refractivity contribution in [2.75, 3.05) is 6.61 Å². The van der Waals surface area contributed by atoms with Crippen molar-refractivity contribution < 1.29 is 29.0 Å². The van der Waals surface area contributed by atoms with Gasteiger partial charge in [-0.25, -0.2) is 4.79 Å². The van der Waals surface area contributed by atoms with Crippen molar-refractivity contribution in [1.29, 1.82) is 0 Å². The molecule has 0 spiro atoms.